The van der Waals surface area contributed by atoms with Crippen molar-refractivity contribution in [1.82, 2.24) is 9.55 Å². The lowest BCUT2D eigenvalue weighted by atomic mass is 9.74. The van der Waals surface area contributed by atoms with Crippen LogP contribution >= 0.6 is 0 Å². The van der Waals surface area contributed by atoms with Crippen molar-refractivity contribution in [3.05, 3.63) is 42.1 Å². The summed E-state index contributed by atoms with van der Waals surface area (Å²) in [6.45, 7) is 0. The van der Waals surface area contributed by atoms with E-state index in [0.29, 0.717) is 0 Å². The van der Waals surface area contributed by atoms with Crippen LogP contribution in [0, 0.1) is 11.7 Å². The molecule has 4 heteroatoms. The van der Waals surface area contributed by atoms with Crippen LogP contribution in [0.4, 0.5) is 4.39 Å². The number of imidazole rings is 1. The van der Waals surface area contributed by atoms with E-state index in [2.05, 4.69) is 9.55 Å². The summed E-state index contributed by atoms with van der Waals surface area (Å²) in [7, 11) is 0. The van der Waals surface area contributed by atoms with Crippen LogP contribution in [0.25, 0.3) is 11.3 Å². The van der Waals surface area contributed by atoms with Gasteiger partial charge in [-0.1, -0.05) is 6.07 Å². The van der Waals surface area contributed by atoms with Gasteiger partial charge in [-0.2, -0.15) is 0 Å². The van der Waals surface area contributed by atoms with Gasteiger partial charge in [0.2, 0.25) is 0 Å². The molecule has 3 atom stereocenters. The molecule has 1 fully saturated rings. The van der Waals surface area contributed by atoms with Crippen molar-refractivity contribution in [2.24, 2.45) is 5.92 Å². The first-order valence-corrected chi connectivity index (χ1v) is 6.25. The summed E-state index contributed by atoms with van der Waals surface area (Å²) in [6, 6.07) is 5.01. The predicted octanol–water partition coefficient (Wildman–Crippen LogP) is 2.36. The minimum Gasteiger partial charge on any atom is -0.393 e. The predicted molar refractivity (Wildman–Crippen MR) is 64.5 cm³/mol. The van der Waals surface area contributed by atoms with E-state index in [1.165, 1.54) is 6.07 Å². The Kier molecular flexibility index (Phi) is 1.95. The van der Waals surface area contributed by atoms with Gasteiger partial charge < -0.3 is 9.67 Å². The van der Waals surface area contributed by atoms with Crippen molar-refractivity contribution in [2.45, 2.75) is 25.0 Å². The maximum atomic E-state index is 13.4. The number of hydrogen-bond donors (Lipinski definition) is 1. The largest absolute Gasteiger partial charge is 0.393 e. The lowest BCUT2D eigenvalue weighted by Gasteiger charge is -2.38. The third-order valence-electron chi connectivity index (χ3n) is 4.27. The molecule has 1 unspecified atom stereocenters. The average Bonchev–Trinajstić information content (AvgIpc) is 2.91. The Hall–Kier alpha value is -1.68. The van der Waals surface area contributed by atoms with Crippen LogP contribution in [0.2, 0.25) is 0 Å². The first-order valence-electron chi connectivity index (χ1n) is 6.25. The molecule has 3 nitrogen and oxygen atoms in total. The van der Waals surface area contributed by atoms with Gasteiger partial charge in [0.15, 0.2) is 0 Å². The van der Waals surface area contributed by atoms with E-state index >= 15 is 0 Å². The van der Waals surface area contributed by atoms with Crippen LogP contribution in [0.15, 0.2) is 30.7 Å². The zero-order valence-corrected chi connectivity index (χ0v) is 9.75. The van der Waals surface area contributed by atoms with Crippen LogP contribution in [0.5, 0.6) is 0 Å². The Balaban J connectivity index is 1.91. The molecule has 0 spiro atoms. The highest BCUT2D eigenvalue weighted by atomic mass is 19.1. The highest BCUT2D eigenvalue weighted by molar-refractivity contribution is 5.69. The third kappa shape index (κ3) is 1.18. The molecule has 1 N–H and O–H groups in total. The molecule has 2 aliphatic rings. The number of aliphatic hydroxyl groups excluding tert-OH is 1. The third-order valence-corrected chi connectivity index (χ3v) is 4.27. The van der Waals surface area contributed by atoms with E-state index in [1.54, 1.807) is 18.6 Å². The molecule has 1 aromatic carbocycles. The van der Waals surface area contributed by atoms with Crippen LogP contribution in [0.3, 0.4) is 0 Å². The molecule has 92 valence electrons. The van der Waals surface area contributed by atoms with Crippen molar-refractivity contribution in [2.75, 3.05) is 0 Å². The van der Waals surface area contributed by atoms with E-state index < -0.39 is 0 Å². The van der Waals surface area contributed by atoms with Crippen LogP contribution < -0.4 is 0 Å². The number of hydrogen-bond acceptors (Lipinski definition) is 2. The zero-order chi connectivity index (χ0) is 12.3. The molecule has 0 amide bonds. The van der Waals surface area contributed by atoms with Gasteiger partial charge in [-0.05, 0) is 30.5 Å². The standard InChI is InChI=1S/C14H13FN2O/c15-8-1-2-9-11(5-8)12-6-16-7-17(12)14(9)10-3-4-13(10)18/h1-2,5-7,10,13-14,18H,3-4H2/t10-,13+,14?/m0/s1. The number of aliphatic hydroxyl groups is 1. The zero-order valence-electron chi connectivity index (χ0n) is 9.75. The summed E-state index contributed by atoms with van der Waals surface area (Å²) in [5, 5.41) is 9.90. The molecule has 2 aromatic rings. The fraction of sp³-hybridized carbons (Fsp3) is 0.357. The number of aromatic nitrogens is 2. The van der Waals surface area contributed by atoms with E-state index in [0.717, 1.165) is 29.7 Å². The molecular weight excluding hydrogens is 231 g/mol. The molecule has 1 aromatic heterocycles. The molecule has 0 bridgehead atoms. The van der Waals surface area contributed by atoms with Crippen LogP contribution in [0.1, 0.15) is 24.4 Å². The van der Waals surface area contributed by atoms with Gasteiger partial charge in [-0.3, -0.25) is 0 Å². The molecule has 0 saturated heterocycles. The SMILES string of the molecule is O[C@@H]1CC[C@@H]1C1c2ccc(F)cc2-c2cncn21. The Morgan fingerprint density at radius 2 is 2.22 bits per heavy atom. The second kappa shape index (κ2) is 3.42. The van der Waals surface area contributed by atoms with Crippen LogP contribution in [-0.4, -0.2) is 20.8 Å². The fourth-order valence-corrected chi connectivity index (χ4v) is 3.21. The van der Waals surface area contributed by atoms with E-state index in [1.807, 2.05) is 6.07 Å². The van der Waals surface area contributed by atoms with Gasteiger partial charge in [-0.15, -0.1) is 0 Å². The van der Waals surface area contributed by atoms with Crippen molar-refractivity contribution in [3.8, 4) is 11.3 Å². The summed E-state index contributed by atoms with van der Waals surface area (Å²) in [6.07, 6.45) is 5.18. The number of fused-ring (bicyclic) bond motifs is 3. The minimum absolute atomic E-state index is 0.113. The first-order chi connectivity index (χ1) is 8.75. The van der Waals surface area contributed by atoms with Crippen molar-refractivity contribution in [1.29, 1.82) is 0 Å². The van der Waals surface area contributed by atoms with Gasteiger partial charge in [-0.25, -0.2) is 9.37 Å². The molecule has 1 aliphatic heterocycles. The normalized spacial score (nSPS) is 28.7. The van der Waals surface area contributed by atoms with E-state index in [-0.39, 0.29) is 23.9 Å². The number of rotatable bonds is 1. The van der Waals surface area contributed by atoms with Crippen molar-refractivity contribution < 1.29 is 9.50 Å². The molecule has 1 saturated carbocycles. The Morgan fingerprint density at radius 3 is 2.94 bits per heavy atom. The van der Waals surface area contributed by atoms with Crippen molar-refractivity contribution in [3.63, 3.8) is 0 Å². The highest BCUT2D eigenvalue weighted by Gasteiger charge is 2.42. The van der Waals surface area contributed by atoms with E-state index in [9.17, 15) is 9.50 Å². The van der Waals surface area contributed by atoms with E-state index in [4.69, 9.17) is 0 Å². The number of halogens is 1. The quantitative estimate of drug-likeness (QED) is 0.836. The molecule has 4 rings (SSSR count). The molecule has 1 aliphatic carbocycles. The smallest absolute Gasteiger partial charge is 0.123 e. The summed E-state index contributed by atoms with van der Waals surface area (Å²) in [5.74, 6) is 0.000897. The van der Waals surface area contributed by atoms with Gasteiger partial charge in [0.1, 0.15) is 5.82 Å². The maximum absolute atomic E-state index is 13.4. The second-order valence-electron chi connectivity index (χ2n) is 5.17. The van der Waals surface area contributed by atoms with Crippen molar-refractivity contribution >= 4 is 0 Å². The summed E-state index contributed by atoms with van der Waals surface area (Å²) in [4.78, 5) is 4.15. The lowest BCUT2D eigenvalue weighted by Crippen LogP contribution is -2.37. The Labute approximate surface area is 104 Å². The summed E-state index contributed by atoms with van der Waals surface area (Å²) >= 11 is 0. The van der Waals surface area contributed by atoms with Gasteiger partial charge in [0.05, 0.1) is 30.4 Å². The fourth-order valence-electron chi connectivity index (χ4n) is 3.21. The van der Waals surface area contributed by atoms with Gasteiger partial charge in [0, 0.05) is 11.5 Å². The topological polar surface area (TPSA) is 38.1 Å². The molecule has 2 heterocycles. The summed E-state index contributed by atoms with van der Waals surface area (Å²) in [5.41, 5.74) is 2.97. The lowest BCUT2D eigenvalue weighted by molar-refractivity contribution is 0.00415. The average molecular weight is 244 g/mol. The first kappa shape index (κ1) is 10.3. The van der Waals surface area contributed by atoms with Gasteiger partial charge in [0.25, 0.3) is 0 Å². The van der Waals surface area contributed by atoms with Gasteiger partial charge >= 0.3 is 0 Å². The Bertz CT molecular complexity index is 622. The highest BCUT2D eigenvalue weighted by Crippen LogP contribution is 2.48. The molecule has 0 radical (unpaired) electrons. The molecule has 18 heavy (non-hydrogen) atoms. The second-order valence-corrected chi connectivity index (χ2v) is 5.17. The molecular formula is C14H13FN2O. The minimum atomic E-state index is -0.249. The maximum Gasteiger partial charge on any atom is 0.123 e. The number of benzene rings is 1. The summed E-state index contributed by atoms with van der Waals surface area (Å²) < 4.78 is 15.5. The number of nitrogens with zero attached hydrogens (tertiary/aromatic N) is 2. The Morgan fingerprint density at radius 1 is 1.33 bits per heavy atom. The van der Waals surface area contributed by atoms with Crippen LogP contribution in [-0.2, 0) is 0 Å². The monoisotopic (exact) mass is 244 g/mol.